The molecular formula is C16H17NO2S. The van der Waals surface area contributed by atoms with Crippen molar-refractivity contribution in [2.24, 2.45) is 0 Å². The van der Waals surface area contributed by atoms with Gasteiger partial charge >= 0.3 is 0 Å². The second kappa shape index (κ2) is 6.09. The van der Waals surface area contributed by atoms with E-state index in [-0.39, 0.29) is 17.2 Å². The molecule has 0 radical (unpaired) electrons. The topological polar surface area (TPSA) is 37.4 Å². The third-order valence-corrected chi connectivity index (χ3v) is 3.78. The minimum Gasteiger partial charge on any atom is -0.268 e. The van der Waals surface area contributed by atoms with E-state index in [1.54, 1.807) is 6.08 Å². The summed E-state index contributed by atoms with van der Waals surface area (Å²) in [6, 6.07) is 9.78. The molecule has 20 heavy (non-hydrogen) atoms. The highest BCUT2D eigenvalue weighted by Gasteiger charge is 2.36. The average Bonchev–Trinajstić information content (AvgIpc) is 2.65. The quantitative estimate of drug-likeness (QED) is 0.786. The molecule has 104 valence electrons. The smallest absolute Gasteiger partial charge is 0.268 e. The molecule has 1 fully saturated rings. The lowest BCUT2D eigenvalue weighted by Gasteiger charge is -2.16. The van der Waals surface area contributed by atoms with Crippen LogP contribution in [-0.4, -0.2) is 22.1 Å². The molecule has 0 saturated carbocycles. The first-order valence-electron chi connectivity index (χ1n) is 6.49. The molecule has 4 heteroatoms. The third-order valence-electron chi connectivity index (χ3n) is 2.89. The fraction of sp³-hybridized carbons (Fsp3) is 0.250. The second-order valence-electron chi connectivity index (χ2n) is 4.94. The standard InChI is InChI=1S/C16H17NO2S/c1-11(2)17-15(18)14(20-16(17)19)10-12(3)9-13-7-5-4-6-8-13/h4-11H,1-3H3/b12-9+,14-10-. The van der Waals surface area contributed by atoms with E-state index in [0.717, 1.165) is 22.9 Å². The summed E-state index contributed by atoms with van der Waals surface area (Å²) in [4.78, 5) is 25.7. The molecule has 0 unspecified atom stereocenters. The maximum atomic E-state index is 12.1. The molecule has 0 aromatic heterocycles. The second-order valence-corrected chi connectivity index (χ2v) is 5.94. The molecule has 3 nitrogen and oxygen atoms in total. The van der Waals surface area contributed by atoms with Crippen LogP contribution in [0.1, 0.15) is 26.3 Å². The molecule has 0 aliphatic carbocycles. The van der Waals surface area contributed by atoms with Gasteiger partial charge in [-0.3, -0.25) is 14.5 Å². The molecular weight excluding hydrogens is 270 g/mol. The molecule has 0 N–H and O–H groups in total. The number of carbonyl (C=O) groups is 2. The number of imide groups is 1. The highest BCUT2D eigenvalue weighted by molar-refractivity contribution is 8.18. The first kappa shape index (κ1) is 14.6. The number of carbonyl (C=O) groups excluding carboxylic acids is 2. The minimum atomic E-state index is -0.198. The van der Waals surface area contributed by atoms with Gasteiger partial charge in [0.15, 0.2) is 0 Å². The zero-order valence-electron chi connectivity index (χ0n) is 11.8. The van der Waals surface area contributed by atoms with E-state index in [9.17, 15) is 9.59 Å². The van der Waals surface area contributed by atoms with E-state index in [1.807, 2.05) is 57.2 Å². The fourth-order valence-corrected chi connectivity index (χ4v) is 3.00. The molecule has 2 rings (SSSR count). The largest absolute Gasteiger partial charge is 0.293 e. The number of hydrogen-bond donors (Lipinski definition) is 0. The summed E-state index contributed by atoms with van der Waals surface area (Å²) < 4.78 is 0. The molecule has 1 aromatic rings. The van der Waals surface area contributed by atoms with Crippen molar-refractivity contribution in [3.05, 3.63) is 52.4 Å². The summed E-state index contributed by atoms with van der Waals surface area (Å²) >= 11 is 1.01. The first-order chi connectivity index (χ1) is 9.49. The van der Waals surface area contributed by atoms with E-state index in [0.29, 0.717) is 4.91 Å². The van der Waals surface area contributed by atoms with Crippen LogP contribution in [0, 0.1) is 0 Å². The Kier molecular flexibility index (Phi) is 4.45. The molecule has 1 heterocycles. The number of thioether (sulfide) groups is 1. The van der Waals surface area contributed by atoms with Gasteiger partial charge in [-0.05, 0) is 49.7 Å². The van der Waals surface area contributed by atoms with Crippen molar-refractivity contribution < 1.29 is 9.59 Å². The Morgan fingerprint density at radius 2 is 1.85 bits per heavy atom. The zero-order chi connectivity index (χ0) is 14.7. The van der Waals surface area contributed by atoms with Gasteiger partial charge in [-0.1, -0.05) is 36.4 Å². The number of amides is 2. The van der Waals surface area contributed by atoms with Crippen LogP contribution < -0.4 is 0 Å². The van der Waals surface area contributed by atoms with Crippen LogP contribution in [0.2, 0.25) is 0 Å². The van der Waals surface area contributed by atoms with Crippen LogP contribution in [-0.2, 0) is 4.79 Å². The van der Waals surface area contributed by atoms with Gasteiger partial charge in [0.2, 0.25) is 0 Å². The summed E-state index contributed by atoms with van der Waals surface area (Å²) in [5, 5.41) is -0.191. The first-order valence-corrected chi connectivity index (χ1v) is 7.31. The molecule has 0 atom stereocenters. The lowest BCUT2D eigenvalue weighted by atomic mass is 10.1. The van der Waals surface area contributed by atoms with Crippen LogP contribution in [0.3, 0.4) is 0 Å². The molecule has 1 saturated heterocycles. The Balaban J connectivity index is 2.22. The summed E-state index contributed by atoms with van der Waals surface area (Å²) in [6.45, 7) is 5.61. The predicted molar refractivity (Wildman–Crippen MR) is 83.1 cm³/mol. The number of nitrogens with zero attached hydrogens (tertiary/aromatic N) is 1. The minimum absolute atomic E-state index is 0.105. The van der Waals surface area contributed by atoms with Crippen molar-refractivity contribution >= 4 is 29.0 Å². The van der Waals surface area contributed by atoms with E-state index in [1.165, 1.54) is 4.90 Å². The van der Waals surface area contributed by atoms with E-state index >= 15 is 0 Å². The lowest BCUT2D eigenvalue weighted by molar-refractivity contribution is -0.123. The van der Waals surface area contributed by atoms with Crippen molar-refractivity contribution in [1.29, 1.82) is 0 Å². The molecule has 2 amide bonds. The number of benzene rings is 1. The van der Waals surface area contributed by atoms with Crippen LogP contribution in [0.15, 0.2) is 46.9 Å². The highest BCUT2D eigenvalue weighted by Crippen LogP contribution is 2.32. The Morgan fingerprint density at radius 1 is 1.20 bits per heavy atom. The van der Waals surface area contributed by atoms with Crippen molar-refractivity contribution in [3.63, 3.8) is 0 Å². The third kappa shape index (κ3) is 3.20. The van der Waals surface area contributed by atoms with Crippen LogP contribution in [0.5, 0.6) is 0 Å². The Labute approximate surface area is 123 Å². The van der Waals surface area contributed by atoms with Crippen LogP contribution in [0.4, 0.5) is 4.79 Å². The van der Waals surface area contributed by atoms with Gasteiger partial charge in [-0.2, -0.15) is 0 Å². The normalized spacial score (nSPS) is 18.5. The Bertz CT molecular complexity index is 588. The summed E-state index contributed by atoms with van der Waals surface area (Å²) in [7, 11) is 0. The SMILES string of the molecule is CC(/C=C1\SC(=O)N(C(C)C)C1=O)=C\c1ccccc1. The van der Waals surface area contributed by atoms with Gasteiger partial charge in [-0.15, -0.1) is 0 Å². The van der Waals surface area contributed by atoms with E-state index in [4.69, 9.17) is 0 Å². The van der Waals surface area contributed by atoms with Gasteiger partial charge in [0.25, 0.3) is 11.1 Å². The monoisotopic (exact) mass is 287 g/mol. The van der Waals surface area contributed by atoms with Crippen molar-refractivity contribution in [2.45, 2.75) is 26.8 Å². The summed E-state index contributed by atoms with van der Waals surface area (Å²) in [5.41, 5.74) is 2.02. The average molecular weight is 287 g/mol. The van der Waals surface area contributed by atoms with Crippen molar-refractivity contribution in [2.75, 3.05) is 0 Å². The number of rotatable bonds is 3. The molecule has 0 spiro atoms. The van der Waals surface area contributed by atoms with Gasteiger partial charge in [0.1, 0.15) is 0 Å². The molecule has 1 aliphatic rings. The highest BCUT2D eigenvalue weighted by atomic mass is 32.2. The van der Waals surface area contributed by atoms with Gasteiger partial charge < -0.3 is 0 Å². The van der Waals surface area contributed by atoms with Crippen molar-refractivity contribution in [1.82, 2.24) is 4.90 Å². The predicted octanol–water partition coefficient (Wildman–Crippen LogP) is 4.08. The fourth-order valence-electron chi connectivity index (χ4n) is 1.99. The number of hydrogen-bond acceptors (Lipinski definition) is 3. The van der Waals surface area contributed by atoms with E-state index in [2.05, 4.69) is 0 Å². The van der Waals surface area contributed by atoms with Crippen LogP contribution in [0.25, 0.3) is 6.08 Å². The van der Waals surface area contributed by atoms with E-state index < -0.39 is 0 Å². The summed E-state index contributed by atoms with van der Waals surface area (Å²) in [5.74, 6) is -0.198. The lowest BCUT2D eigenvalue weighted by Crippen LogP contribution is -2.34. The summed E-state index contributed by atoms with van der Waals surface area (Å²) in [6.07, 6.45) is 3.77. The number of allylic oxidation sites excluding steroid dienone is 2. The molecule has 1 aliphatic heterocycles. The maximum absolute atomic E-state index is 12.1. The van der Waals surface area contributed by atoms with Gasteiger partial charge in [0.05, 0.1) is 4.91 Å². The van der Waals surface area contributed by atoms with Gasteiger partial charge in [-0.25, -0.2) is 0 Å². The van der Waals surface area contributed by atoms with Crippen molar-refractivity contribution in [3.8, 4) is 0 Å². The molecule has 0 bridgehead atoms. The molecule has 1 aromatic carbocycles. The Morgan fingerprint density at radius 3 is 2.40 bits per heavy atom. The maximum Gasteiger partial charge on any atom is 0.293 e. The Hall–Kier alpha value is -1.81. The van der Waals surface area contributed by atoms with Gasteiger partial charge in [0, 0.05) is 6.04 Å². The van der Waals surface area contributed by atoms with Crippen LogP contribution >= 0.6 is 11.8 Å². The zero-order valence-corrected chi connectivity index (χ0v) is 12.6.